The van der Waals surface area contributed by atoms with Crippen LogP contribution in [0.5, 0.6) is 0 Å². The summed E-state index contributed by atoms with van der Waals surface area (Å²) in [7, 11) is 0. The fourth-order valence-corrected chi connectivity index (χ4v) is 1.48. The fraction of sp³-hybridized carbons (Fsp3) is 0.167. The number of thiol groups is 1. The number of aromatic amines is 1. The molecule has 0 bridgehead atoms. The van der Waals surface area contributed by atoms with E-state index in [1.165, 1.54) is 6.07 Å². The Bertz CT molecular complexity index is 521. The van der Waals surface area contributed by atoms with Gasteiger partial charge in [-0.1, -0.05) is 31.2 Å². The molecule has 1 N–H and O–H groups in total. The molecule has 16 heavy (non-hydrogen) atoms. The predicted molar refractivity (Wildman–Crippen MR) is 67.5 cm³/mol. The van der Waals surface area contributed by atoms with Gasteiger partial charge >= 0.3 is 0 Å². The summed E-state index contributed by atoms with van der Waals surface area (Å²) in [5.74, 6) is 0. The normalized spacial score (nSPS) is 11.1. The molecule has 0 saturated heterocycles. The molecule has 1 aromatic heterocycles. The van der Waals surface area contributed by atoms with Gasteiger partial charge in [0.25, 0.3) is 0 Å². The van der Waals surface area contributed by atoms with Crippen molar-refractivity contribution in [2.24, 2.45) is 0 Å². The lowest BCUT2D eigenvalue weighted by molar-refractivity contribution is 1.06. The molecule has 0 unspecified atom stereocenters. The van der Waals surface area contributed by atoms with Crippen molar-refractivity contribution in [1.82, 2.24) is 4.98 Å². The zero-order chi connectivity index (χ0) is 12.0. The molecular formula is C12H12N2OS. The second kappa shape index (κ2) is 5.99. The monoisotopic (exact) mass is 232 g/mol. The first-order valence-electron chi connectivity index (χ1n) is 4.88. The van der Waals surface area contributed by atoms with Crippen molar-refractivity contribution < 1.29 is 0 Å². The van der Waals surface area contributed by atoms with Crippen molar-refractivity contribution in [3.8, 4) is 6.07 Å². The minimum Gasteiger partial charge on any atom is -0.316 e. The number of H-pyrrole nitrogens is 1. The summed E-state index contributed by atoms with van der Waals surface area (Å²) in [6.45, 7) is 2.03. The SMILES string of the molecule is CC/C=C\C=C/c1cc(=O)[nH]c(S)c1C#N. The second-order valence-electron chi connectivity index (χ2n) is 3.12. The van der Waals surface area contributed by atoms with E-state index in [0.29, 0.717) is 16.2 Å². The second-order valence-corrected chi connectivity index (χ2v) is 3.57. The summed E-state index contributed by atoms with van der Waals surface area (Å²) < 4.78 is 0. The van der Waals surface area contributed by atoms with Crippen molar-refractivity contribution >= 4 is 18.7 Å². The molecule has 0 spiro atoms. The van der Waals surface area contributed by atoms with Gasteiger partial charge in [-0.05, 0) is 6.42 Å². The number of rotatable bonds is 3. The van der Waals surface area contributed by atoms with E-state index in [1.54, 1.807) is 12.2 Å². The van der Waals surface area contributed by atoms with Crippen LogP contribution in [0.2, 0.25) is 0 Å². The zero-order valence-corrected chi connectivity index (χ0v) is 9.79. The molecule has 82 valence electrons. The van der Waals surface area contributed by atoms with Crippen molar-refractivity contribution in [3.63, 3.8) is 0 Å². The summed E-state index contributed by atoms with van der Waals surface area (Å²) in [4.78, 5) is 13.7. The summed E-state index contributed by atoms with van der Waals surface area (Å²) >= 11 is 4.05. The Hall–Kier alpha value is -1.73. The Balaban J connectivity index is 3.13. The Labute approximate surface area is 99.5 Å². The van der Waals surface area contributed by atoms with E-state index in [-0.39, 0.29) is 5.56 Å². The zero-order valence-electron chi connectivity index (χ0n) is 8.90. The van der Waals surface area contributed by atoms with Crippen LogP contribution in [0.15, 0.2) is 34.1 Å². The van der Waals surface area contributed by atoms with Crippen LogP contribution in [-0.2, 0) is 0 Å². The summed E-state index contributed by atoms with van der Waals surface area (Å²) in [5.41, 5.74) is 0.698. The molecular weight excluding hydrogens is 220 g/mol. The summed E-state index contributed by atoms with van der Waals surface area (Å²) in [6.07, 6.45) is 8.33. The molecule has 0 aliphatic carbocycles. The Morgan fingerprint density at radius 1 is 1.56 bits per heavy atom. The molecule has 1 heterocycles. The maximum atomic E-state index is 11.2. The highest BCUT2D eigenvalue weighted by atomic mass is 32.1. The lowest BCUT2D eigenvalue weighted by atomic mass is 10.1. The van der Waals surface area contributed by atoms with E-state index < -0.39 is 0 Å². The lowest BCUT2D eigenvalue weighted by Gasteiger charge is -1.99. The predicted octanol–water partition coefficient (Wildman–Crippen LogP) is 2.51. The van der Waals surface area contributed by atoms with E-state index in [4.69, 9.17) is 5.26 Å². The van der Waals surface area contributed by atoms with Crippen molar-refractivity contribution in [2.45, 2.75) is 18.4 Å². The number of nitriles is 1. The Kier molecular flexibility index (Phi) is 4.62. The molecule has 0 saturated carbocycles. The lowest BCUT2D eigenvalue weighted by Crippen LogP contribution is -2.07. The number of hydrogen-bond donors (Lipinski definition) is 2. The highest BCUT2D eigenvalue weighted by molar-refractivity contribution is 7.80. The maximum Gasteiger partial charge on any atom is 0.249 e. The van der Waals surface area contributed by atoms with Gasteiger partial charge in [-0.25, -0.2) is 0 Å². The molecule has 0 aliphatic heterocycles. The average molecular weight is 232 g/mol. The van der Waals surface area contributed by atoms with Gasteiger partial charge in [0.2, 0.25) is 5.56 Å². The average Bonchev–Trinajstić information content (AvgIpc) is 2.24. The highest BCUT2D eigenvalue weighted by Crippen LogP contribution is 2.14. The Morgan fingerprint density at radius 3 is 2.94 bits per heavy atom. The minimum atomic E-state index is -0.261. The van der Waals surface area contributed by atoms with Crippen LogP contribution in [0, 0.1) is 11.3 Å². The first kappa shape index (κ1) is 12.3. The van der Waals surface area contributed by atoms with Crippen LogP contribution < -0.4 is 5.56 Å². The van der Waals surface area contributed by atoms with Gasteiger partial charge in [0.05, 0.1) is 10.6 Å². The number of aromatic nitrogens is 1. The van der Waals surface area contributed by atoms with Crippen LogP contribution in [0.1, 0.15) is 24.5 Å². The quantitative estimate of drug-likeness (QED) is 0.621. The van der Waals surface area contributed by atoms with Gasteiger partial charge in [0.15, 0.2) is 0 Å². The minimum absolute atomic E-state index is 0.261. The van der Waals surface area contributed by atoms with Crippen molar-refractivity contribution in [1.29, 1.82) is 5.26 Å². The molecule has 0 aliphatic rings. The van der Waals surface area contributed by atoms with E-state index in [0.717, 1.165) is 6.42 Å². The molecule has 0 radical (unpaired) electrons. The van der Waals surface area contributed by atoms with Gasteiger partial charge in [-0.3, -0.25) is 4.79 Å². The van der Waals surface area contributed by atoms with Gasteiger partial charge in [-0.15, -0.1) is 12.6 Å². The first-order valence-corrected chi connectivity index (χ1v) is 5.33. The molecule has 0 aromatic carbocycles. The van der Waals surface area contributed by atoms with Crippen LogP contribution in [-0.4, -0.2) is 4.98 Å². The third kappa shape index (κ3) is 3.14. The number of hydrogen-bond acceptors (Lipinski definition) is 3. The molecule has 1 aromatic rings. The van der Waals surface area contributed by atoms with Crippen molar-refractivity contribution in [3.05, 3.63) is 45.8 Å². The van der Waals surface area contributed by atoms with Gasteiger partial charge < -0.3 is 4.98 Å². The van der Waals surface area contributed by atoms with E-state index in [1.807, 2.05) is 25.1 Å². The van der Waals surface area contributed by atoms with E-state index in [9.17, 15) is 4.79 Å². The Morgan fingerprint density at radius 2 is 2.31 bits per heavy atom. The third-order valence-corrected chi connectivity index (χ3v) is 2.26. The first-order chi connectivity index (χ1) is 7.69. The fourth-order valence-electron chi connectivity index (χ4n) is 1.19. The van der Waals surface area contributed by atoms with Crippen LogP contribution in [0.3, 0.4) is 0 Å². The maximum absolute atomic E-state index is 11.2. The van der Waals surface area contributed by atoms with Crippen LogP contribution in [0.4, 0.5) is 0 Å². The molecule has 0 fully saturated rings. The smallest absolute Gasteiger partial charge is 0.249 e. The summed E-state index contributed by atoms with van der Waals surface area (Å²) in [6, 6.07) is 3.39. The molecule has 0 amide bonds. The van der Waals surface area contributed by atoms with Crippen LogP contribution in [0.25, 0.3) is 6.08 Å². The third-order valence-electron chi connectivity index (χ3n) is 1.92. The van der Waals surface area contributed by atoms with Gasteiger partial charge in [0.1, 0.15) is 6.07 Å². The number of pyridine rings is 1. The van der Waals surface area contributed by atoms with Gasteiger partial charge in [-0.2, -0.15) is 5.26 Å². The number of nitrogens with zero attached hydrogens (tertiary/aromatic N) is 1. The molecule has 1 rings (SSSR count). The van der Waals surface area contributed by atoms with E-state index in [2.05, 4.69) is 17.6 Å². The topological polar surface area (TPSA) is 56.6 Å². The standard InChI is InChI=1S/C12H12N2OS/c1-2-3-4-5-6-9-7-11(15)14-12(16)10(9)8-13/h3-7H,2H2,1H3,(H2,14,15,16)/b4-3-,6-5-. The number of allylic oxidation sites excluding steroid dienone is 3. The molecule has 3 nitrogen and oxygen atoms in total. The number of nitrogens with one attached hydrogen (secondary N) is 1. The molecule has 0 atom stereocenters. The summed E-state index contributed by atoms with van der Waals surface area (Å²) in [5, 5.41) is 9.22. The van der Waals surface area contributed by atoms with E-state index >= 15 is 0 Å². The largest absolute Gasteiger partial charge is 0.316 e. The van der Waals surface area contributed by atoms with Crippen LogP contribution >= 0.6 is 12.6 Å². The highest BCUT2D eigenvalue weighted by Gasteiger charge is 2.04. The van der Waals surface area contributed by atoms with Crippen molar-refractivity contribution in [2.75, 3.05) is 0 Å². The molecule has 4 heteroatoms. The van der Waals surface area contributed by atoms with Gasteiger partial charge in [0, 0.05) is 11.6 Å².